The molecule has 5 aromatic rings. The zero-order valence-electron chi connectivity index (χ0n) is 19.6. The summed E-state index contributed by atoms with van der Waals surface area (Å²) in [6, 6.07) is 34.1. The lowest BCUT2D eigenvalue weighted by Gasteiger charge is -2.20. The van der Waals surface area contributed by atoms with E-state index in [1.807, 2.05) is 97.9 Å². The van der Waals surface area contributed by atoms with E-state index in [9.17, 15) is 4.79 Å². The van der Waals surface area contributed by atoms with Gasteiger partial charge in [-0.2, -0.15) is 0 Å². The number of fused-ring (bicyclic) bond motifs is 1. The lowest BCUT2D eigenvalue weighted by molar-refractivity contribution is 0.0985. The van der Waals surface area contributed by atoms with Gasteiger partial charge in [-0.15, -0.1) is 0 Å². The summed E-state index contributed by atoms with van der Waals surface area (Å²) >= 11 is 1.51. The van der Waals surface area contributed by atoms with Gasteiger partial charge >= 0.3 is 0 Å². The third-order valence-electron chi connectivity index (χ3n) is 5.77. The van der Waals surface area contributed by atoms with E-state index >= 15 is 0 Å². The van der Waals surface area contributed by atoms with Crippen LogP contribution in [0.2, 0.25) is 0 Å². The molecule has 0 aliphatic rings. The van der Waals surface area contributed by atoms with Crippen LogP contribution in [0.15, 0.2) is 103 Å². The molecule has 4 nitrogen and oxygen atoms in total. The van der Waals surface area contributed by atoms with Crippen LogP contribution in [0.3, 0.4) is 0 Å². The molecule has 0 spiro atoms. The Hall–Kier alpha value is -3.96. The third kappa shape index (κ3) is 5.42. The van der Waals surface area contributed by atoms with Gasteiger partial charge in [0.1, 0.15) is 5.75 Å². The molecule has 1 amide bonds. The van der Waals surface area contributed by atoms with Crippen molar-refractivity contribution < 1.29 is 9.53 Å². The number of anilines is 1. The van der Waals surface area contributed by atoms with E-state index in [1.54, 1.807) is 4.90 Å². The first kappa shape index (κ1) is 22.8. The minimum atomic E-state index is -0.0656. The monoisotopic (exact) mass is 478 g/mol. The minimum absolute atomic E-state index is 0.0656. The molecule has 0 fully saturated rings. The summed E-state index contributed by atoms with van der Waals surface area (Å²) in [4.78, 5) is 20.3. The van der Waals surface area contributed by atoms with Gasteiger partial charge in [0.25, 0.3) is 5.91 Å². The second kappa shape index (κ2) is 10.5. The van der Waals surface area contributed by atoms with E-state index in [1.165, 1.54) is 22.5 Å². The van der Waals surface area contributed by atoms with Crippen LogP contribution in [0.1, 0.15) is 34.0 Å². The molecule has 4 aromatic carbocycles. The van der Waals surface area contributed by atoms with Crippen LogP contribution in [0.4, 0.5) is 5.13 Å². The number of rotatable bonds is 8. The van der Waals surface area contributed by atoms with Gasteiger partial charge in [0.15, 0.2) is 5.13 Å². The van der Waals surface area contributed by atoms with Crippen LogP contribution in [-0.4, -0.2) is 17.5 Å². The van der Waals surface area contributed by atoms with Crippen LogP contribution in [0, 0.1) is 0 Å². The summed E-state index contributed by atoms with van der Waals surface area (Å²) < 4.78 is 6.64. The van der Waals surface area contributed by atoms with Gasteiger partial charge < -0.3 is 4.74 Å². The van der Waals surface area contributed by atoms with E-state index in [0.29, 0.717) is 23.8 Å². The molecular formula is C30H26N2O2S. The Morgan fingerprint density at radius 2 is 1.49 bits per heavy atom. The van der Waals surface area contributed by atoms with Crippen molar-refractivity contribution in [3.63, 3.8) is 0 Å². The first-order valence-corrected chi connectivity index (χ1v) is 12.5. The van der Waals surface area contributed by atoms with E-state index in [-0.39, 0.29) is 5.91 Å². The molecule has 0 saturated carbocycles. The van der Waals surface area contributed by atoms with Crippen LogP contribution < -0.4 is 9.64 Å². The van der Waals surface area contributed by atoms with E-state index in [0.717, 1.165) is 28.0 Å². The van der Waals surface area contributed by atoms with Crippen molar-refractivity contribution >= 4 is 32.6 Å². The van der Waals surface area contributed by atoms with Crippen molar-refractivity contribution in [3.8, 4) is 5.75 Å². The van der Waals surface area contributed by atoms with Crippen molar-refractivity contribution in [2.24, 2.45) is 0 Å². The Morgan fingerprint density at radius 1 is 0.829 bits per heavy atom. The van der Waals surface area contributed by atoms with Gasteiger partial charge in [-0.05, 0) is 60.4 Å². The molecule has 0 unspecified atom stereocenters. The summed E-state index contributed by atoms with van der Waals surface area (Å²) in [5.41, 5.74) is 4.98. The average Bonchev–Trinajstić information content (AvgIpc) is 3.32. The smallest absolute Gasteiger partial charge is 0.260 e. The fourth-order valence-corrected chi connectivity index (χ4v) is 5.00. The van der Waals surface area contributed by atoms with Gasteiger partial charge in [0.2, 0.25) is 0 Å². The highest BCUT2D eigenvalue weighted by Crippen LogP contribution is 2.33. The molecule has 5 heteroatoms. The van der Waals surface area contributed by atoms with E-state index in [4.69, 9.17) is 9.72 Å². The average molecular weight is 479 g/mol. The number of aromatic nitrogens is 1. The van der Waals surface area contributed by atoms with Gasteiger partial charge in [0, 0.05) is 5.56 Å². The normalized spacial score (nSPS) is 10.9. The molecule has 0 radical (unpaired) electrons. The molecule has 0 aliphatic heterocycles. The Morgan fingerprint density at radius 3 is 2.17 bits per heavy atom. The summed E-state index contributed by atoms with van der Waals surface area (Å²) in [5, 5.41) is 0.677. The molecule has 35 heavy (non-hydrogen) atoms. The number of nitrogens with zero attached hydrogens (tertiary/aromatic N) is 2. The van der Waals surface area contributed by atoms with Crippen molar-refractivity contribution in [3.05, 3.63) is 125 Å². The van der Waals surface area contributed by atoms with Crippen molar-refractivity contribution in [2.45, 2.75) is 19.9 Å². The van der Waals surface area contributed by atoms with Gasteiger partial charge in [-0.3, -0.25) is 9.69 Å². The fourth-order valence-electron chi connectivity index (χ4n) is 4.01. The number of amides is 1. The number of carbonyl (C=O) groups excluding carboxylic acids is 1. The first-order chi connectivity index (χ1) is 17.2. The maximum atomic E-state index is 13.7. The summed E-state index contributed by atoms with van der Waals surface area (Å²) in [6.45, 7) is 3.02. The van der Waals surface area contributed by atoms with Gasteiger partial charge in [-0.25, -0.2) is 4.98 Å². The standard InChI is InChI=1S/C30H26N2O2S/c1-2-34-26-17-18-27-28(20-26)35-30(31-27)32(21-24-11-7-4-8-12-24)29(33)25-15-13-23(14-16-25)19-22-9-5-3-6-10-22/h3-18,20H,2,19,21H2,1H3. The maximum absolute atomic E-state index is 13.7. The topological polar surface area (TPSA) is 42.4 Å². The molecule has 0 aliphatic carbocycles. The predicted molar refractivity (Wildman–Crippen MR) is 143 cm³/mol. The fraction of sp³-hybridized carbons (Fsp3) is 0.133. The molecule has 0 N–H and O–H groups in total. The van der Waals surface area contributed by atoms with Gasteiger partial charge in [-0.1, -0.05) is 84.1 Å². The number of ether oxygens (including phenoxy) is 1. The summed E-state index contributed by atoms with van der Waals surface area (Å²) in [5.74, 6) is 0.745. The molecule has 0 atom stereocenters. The molecule has 0 saturated heterocycles. The number of hydrogen-bond donors (Lipinski definition) is 0. The highest BCUT2D eigenvalue weighted by molar-refractivity contribution is 7.22. The lowest BCUT2D eigenvalue weighted by Crippen LogP contribution is -2.30. The highest BCUT2D eigenvalue weighted by Gasteiger charge is 2.22. The molecule has 1 aromatic heterocycles. The van der Waals surface area contributed by atoms with Crippen molar-refractivity contribution in [2.75, 3.05) is 11.5 Å². The zero-order valence-corrected chi connectivity index (χ0v) is 20.4. The van der Waals surface area contributed by atoms with Crippen LogP contribution in [-0.2, 0) is 13.0 Å². The largest absolute Gasteiger partial charge is 0.494 e. The zero-order chi connectivity index (χ0) is 24.0. The number of carbonyl (C=O) groups is 1. The Bertz CT molecular complexity index is 1410. The Kier molecular flexibility index (Phi) is 6.87. The SMILES string of the molecule is CCOc1ccc2nc(N(Cc3ccccc3)C(=O)c3ccc(Cc4ccccc4)cc3)sc2c1. The number of hydrogen-bond acceptors (Lipinski definition) is 4. The van der Waals surface area contributed by atoms with Crippen molar-refractivity contribution in [1.82, 2.24) is 4.98 Å². The quantitative estimate of drug-likeness (QED) is 0.238. The predicted octanol–water partition coefficient (Wildman–Crippen LogP) is 7.13. The molecule has 5 rings (SSSR count). The second-order valence-electron chi connectivity index (χ2n) is 8.30. The maximum Gasteiger partial charge on any atom is 0.260 e. The number of benzene rings is 4. The first-order valence-electron chi connectivity index (χ1n) is 11.7. The molecule has 0 bridgehead atoms. The minimum Gasteiger partial charge on any atom is -0.494 e. The second-order valence-corrected chi connectivity index (χ2v) is 9.30. The van der Waals surface area contributed by atoms with Gasteiger partial charge in [0.05, 0.1) is 23.4 Å². The molecule has 1 heterocycles. The van der Waals surface area contributed by atoms with E-state index < -0.39 is 0 Å². The Labute approximate surface area is 209 Å². The van der Waals surface area contributed by atoms with Crippen LogP contribution >= 0.6 is 11.3 Å². The number of thiazole rings is 1. The van der Waals surface area contributed by atoms with E-state index in [2.05, 4.69) is 12.1 Å². The lowest BCUT2D eigenvalue weighted by atomic mass is 10.0. The molecule has 174 valence electrons. The summed E-state index contributed by atoms with van der Waals surface area (Å²) in [6.07, 6.45) is 0.836. The Balaban J connectivity index is 1.45. The summed E-state index contributed by atoms with van der Waals surface area (Å²) in [7, 11) is 0. The van der Waals surface area contributed by atoms with Crippen molar-refractivity contribution in [1.29, 1.82) is 0 Å². The van der Waals surface area contributed by atoms with Crippen LogP contribution in [0.5, 0.6) is 5.75 Å². The van der Waals surface area contributed by atoms with Crippen LogP contribution in [0.25, 0.3) is 10.2 Å². The highest BCUT2D eigenvalue weighted by atomic mass is 32.1. The third-order valence-corrected chi connectivity index (χ3v) is 6.81. The molecular weight excluding hydrogens is 452 g/mol.